The highest BCUT2D eigenvalue weighted by molar-refractivity contribution is 7.12. The lowest BCUT2D eigenvalue weighted by atomic mass is 10.1. The summed E-state index contributed by atoms with van der Waals surface area (Å²) in [6, 6.07) is 9.43. The molecule has 2 aromatic rings. The van der Waals surface area contributed by atoms with Crippen LogP contribution in [-0.4, -0.2) is 31.1 Å². The maximum absolute atomic E-state index is 3.44. The van der Waals surface area contributed by atoms with Gasteiger partial charge in [0.25, 0.3) is 0 Å². The van der Waals surface area contributed by atoms with Crippen LogP contribution in [0.3, 0.4) is 0 Å². The SMILES string of the molecule is Cc1ccc([C@H](c2cccs2)N2CCNCC2)s1.Cl.Cl. The number of halogens is 2. The minimum Gasteiger partial charge on any atom is -0.314 e. The molecule has 6 heteroatoms. The Kier molecular flexibility index (Phi) is 7.51. The first-order valence-corrected chi connectivity index (χ1v) is 8.09. The summed E-state index contributed by atoms with van der Waals surface area (Å²) in [5, 5.41) is 5.62. The smallest absolute Gasteiger partial charge is 0.0790 e. The lowest BCUT2D eigenvalue weighted by Gasteiger charge is -2.34. The Labute approximate surface area is 141 Å². The lowest BCUT2D eigenvalue weighted by molar-refractivity contribution is 0.203. The summed E-state index contributed by atoms with van der Waals surface area (Å²) in [6.45, 7) is 6.68. The van der Waals surface area contributed by atoms with Gasteiger partial charge in [-0.25, -0.2) is 0 Å². The number of rotatable bonds is 3. The highest BCUT2D eigenvalue weighted by Gasteiger charge is 2.25. The zero-order valence-corrected chi connectivity index (χ0v) is 14.6. The van der Waals surface area contributed by atoms with E-state index in [2.05, 4.69) is 46.8 Å². The molecule has 1 aliphatic rings. The lowest BCUT2D eigenvalue weighted by Crippen LogP contribution is -2.45. The van der Waals surface area contributed by atoms with Gasteiger partial charge in [-0.05, 0) is 30.5 Å². The van der Waals surface area contributed by atoms with Crippen LogP contribution in [0.4, 0.5) is 0 Å². The van der Waals surface area contributed by atoms with Gasteiger partial charge in [0, 0.05) is 40.8 Å². The van der Waals surface area contributed by atoms with E-state index in [9.17, 15) is 0 Å². The molecule has 3 heterocycles. The number of nitrogens with zero attached hydrogens (tertiary/aromatic N) is 1. The first kappa shape index (κ1) is 18.0. The standard InChI is InChI=1S/C14H18N2S2.2ClH/c1-11-4-5-13(18-11)14(12-3-2-10-17-12)16-8-6-15-7-9-16;;/h2-5,10,14-15H,6-9H2,1H3;2*1H/t14-;;/m0../s1. The minimum atomic E-state index is 0. The first-order chi connectivity index (χ1) is 8.84. The second kappa shape index (κ2) is 8.37. The largest absolute Gasteiger partial charge is 0.314 e. The molecule has 3 rings (SSSR count). The van der Waals surface area contributed by atoms with Crippen molar-refractivity contribution in [1.82, 2.24) is 10.2 Å². The molecule has 0 aliphatic carbocycles. The van der Waals surface area contributed by atoms with Crippen molar-refractivity contribution in [2.75, 3.05) is 26.2 Å². The highest BCUT2D eigenvalue weighted by atomic mass is 35.5. The molecule has 2 nitrogen and oxygen atoms in total. The van der Waals surface area contributed by atoms with E-state index in [1.807, 2.05) is 22.7 Å². The summed E-state index contributed by atoms with van der Waals surface area (Å²) in [6.07, 6.45) is 0. The van der Waals surface area contributed by atoms with Gasteiger partial charge in [0.05, 0.1) is 6.04 Å². The van der Waals surface area contributed by atoms with Gasteiger partial charge in [-0.2, -0.15) is 0 Å². The Hall–Kier alpha value is -0.100. The van der Waals surface area contributed by atoms with Crippen molar-refractivity contribution in [3.8, 4) is 0 Å². The van der Waals surface area contributed by atoms with Crippen LogP contribution in [0.25, 0.3) is 0 Å². The number of hydrogen-bond acceptors (Lipinski definition) is 4. The molecule has 0 unspecified atom stereocenters. The average molecular weight is 351 g/mol. The molecule has 0 amide bonds. The van der Waals surface area contributed by atoms with E-state index in [1.165, 1.54) is 14.6 Å². The molecule has 1 aliphatic heterocycles. The average Bonchev–Trinajstić information content (AvgIpc) is 3.04. The first-order valence-electron chi connectivity index (χ1n) is 6.39. The van der Waals surface area contributed by atoms with E-state index in [1.54, 1.807) is 0 Å². The van der Waals surface area contributed by atoms with Gasteiger partial charge >= 0.3 is 0 Å². The van der Waals surface area contributed by atoms with Gasteiger partial charge in [-0.1, -0.05) is 6.07 Å². The number of hydrogen-bond donors (Lipinski definition) is 1. The maximum Gasteiger partial charge on any atom is 0.0790 e. The van der Waals surface area contributed by atoms with Crippen molar-refractivity contribution in [2.24, 2.45) is 0 Å². The van der Waals surface area contributed by atoms with E-state index in [4.69, 9.17) is 0 Å². The molecular formula is C14H20Cl2N2S2. The molecule has 0 aromatic carbocycles. The van der Waals surface area contributed by atoms with Gasteiger partial charge in [0.1, 0.15) is 0 Å². The molecule has 112 valence electrons. The fourth-order valence-electron chi connectivity index (χ4n) is 2.49. The Morgan fingerprint density at radius 1 is 1.10 bits per heavy atom. The van der Waals surface area contributed by atoms with Crippen LogP contribution in [0.2, 0.25) is 0 Å². The maximum atomic E-state index is 3.44. The normalized spacial score (nSPS) is 17.1. The van der Waals surface area contributed by atoms with Gasteiger partial charge in [0.2, 0.25) is 0 Å². The van der Waals surface area contributed by atoms with Crippen LogP contribution in [0.5, 0.6) is 0 Å². The summed E-state index contributed by atoms with van der Waals surface area (Å²) in [4.78, 5) is 6.96. The molecule has 2 aromatic heterocycles. The second-order valence-electron chi connectivity index (χ2n) is 4.65. The predicted molar refractivity (Wildman–Crippen MR) is 94.2 cm³/mol. The van der Waals surface area contributed by atoms with Crippen molar-refractivity contribution in [3.05, 3.63) is 44.3 Å². The zero-order valence-electron chi connectivity index (χ0n) is 11.4. The van der Waals surface area contributed by atoms with Gasteiger partial charge in [0.15, 0.2) is 0 Å². The number of aryl methyl sites for hydroxylation is 1. The fourth-order valence-corrected chi connectivity index (χ4v) is 4.47. The van der Waals surface area contributed by atoms with Crippen LogP contribution in [0, 0.1) is 6.92 Å². The topological polar surface area (TPSA) is 15.3 Å². The van der Waals surface area contributed by atoms with E-state index in [0.717, 1.165) is 26.2 Å². The minimum absolute atomic E-state index is 0. The molecular weight excluding hydrogens is 331 g/mol. The monoisotopic (exact) mass is 350 g/mol. The van der Waals surface area contributed by atoms with Crippen LogP contribution in [-0.2, 0) is 0 Å². The number of nitrogens with one attached hydrogen (secondary N) is 1. The number of piperazine rings is 1. The van der Waals surface area contributed by atoms with Crippen molar-refractivity contribution >= 4 is 47.5 Å². The van der Waals surface area contributed by atoms with Crippen molar-refractivity contribution in [3.63, 3.8) is 0 Å². The third-order valence-corrected chi connectivity index (χ3v) is 5.34. The molecule has 20 heavy (non-hydrogen) atoms. The quantitative estimate of drug-likeness (QED) is 0.901. The Balaban J connectivity index is 0.000001000. The van der Waals surface area contributed by atoms with E-state index >= 15 is 0 Å². The zero-order chi connectivity index (χ0) is 12.4. The molecule has 1 saturated heterocycles. The van der Waals surface area contributed by atoms with Crippen LogP contribution >= 0.6 is 47.5 Å². The Bertz CT molecular complexity index is 493. The third-order valence-electron chi connectivity index (χ3n) is 3.36. The summed E-state index contributed by atoms with van der Waals surface area (Å²) in [5.41, 5.74) is 0. The second-order valence-corrected chi connectivity index (χ2v) is 6.95. The van der Waals surface area contributed by atoms with Crippen LogP contribution < -0.4 is 5.32 Å². The Morgan fingerprint density at radius 2 is 1.85 bits per heavy atom. The van der Waals surface area contributed by atoms with Crippen LogP contribution in [0.1, 0.15) is 20.7 Å². The summed E-state index contributed by atoms with van der Waals surface area (Å²) in [7, 11) is 0. The Morgan fingerprint density at radius 3 is 2.40 bits per heavy atom. The van der Waals surface area contributed by atoms with Gasteiger partial charge in [-0.3, -0.25) is 4.90 Å². The highest BCUT2D eigenvalue weighted by Crippen LogP contribution is 2.35. The van der Waals surface area contributed by atoms with Crippen molar-refractivity contribution in [2.45, 2.75) is 13.0 Å². The third kappa shape index (κ3) is 3.97. The van der Waals surface area contributed by atoms with E-state index in [0.29, 0.717) is 6.04 Å². The van der Waals surface area contributed by atoms with E-state index in [-0.39, 0.29) is 24.8 Å². The van der Waals surface area contributed by atoms with Gasteiger partial charge < -0.3 is 5.32 Å². The molecule has 0 saturated carbocycles. The molecule has 1 fully saturated rings. The molecule has 0 radical (unpaired) electrons. The summed E-state index contributed by atoms with van der Waals surface area (Å²) >= 11 is 3.81. The molecule has 1 atom stereocenters. The fraction of sp³-hybridized carbons (Fsp3) is 0.429. The summed E-state index contributed by atoms with van der Waals surface area (Å²) < 4.78 is 0. The molecule has 1 N–H and O–H groups in total. The van der Waals surface area contributed by atoms with Crippen molar-refractivity contribution < 1.29 is 0 Å². The van der Waals surface area contributed by atoms with Crippen molar-refractivity contribution in [1.29, 1.82) is 0 Å². The number of thiophene rings is 2. The predicted octanol–water partition coefficient (Wildman–Crippen LogP) is 3.96. The summed E-state index contributed by atoms with van der Waals surface area (Å²) in [5.74, 6) is 0. The van der Waals surface area contributed by atoms with Gasteiger partial charge in [-0.15, -0.1) is 47.5 Å². The molecule has 0 spiro atoms. The van der Waals surface area contributed by atoms with Crippen LogP contribution in [0.15, 0.2) is 29.6 Å². The van der Waals surface area contributed by atoms with E-state index < -0.39 is 0 Å². The molecule has 0 bridgehead atoms.